The second-order valence-corrected chi connectivity index (χ2v) is 5.44. The summed E-state index contributed by atoms with van der Waals surface area (Å²) in [6.07, 6.45) is 0. The van der Waals surface area contributed by atoms with Crippen molar-refractivity contribution in [3.63, 3.8) is 0 Å². The molecule has 2 N–H and O–H groups in total. The Morgan fingerprint density at radius 2 is 1.73 bits per heavy atom. The molecule has 0 amide bonds. The molecule has 0 aliphatic carbocycles. The highest BCUT2D eigenvalue weighted by Crippen LogP contribution is 2.26. The Morgan fingerprint density at radius 1 is 1.27 bits per heavy atom. The molecular weight excluding hydrogens is 254 g/mol. The predicted octanol–water partition coefficient (Wildman–Crippen LogP) is 3.18. The first-order valence-electron chi connectivity index (χ1n) is 4.98. The van der Waals surface area contributed by atoms with Gasteiger partial charge in [-0.05, 0) is 51.0 Å². The van der Waals surface area contributed by atoms with E-state index in [-0.39, 0.29) is 5.54 Å². The SMILES string of the molecule is Cc1cc(OCC(C)(C)N)cc(C)c1Br. The molecule has 0 heterocycles. The zero-order chi connectivity index (χ0) is 11.6. The first kappa shape index (κ1) is 12.5. The van der Waals surface area contributed by atoms with Crippen molar-refractivity contribution in [1.29, 1.82) is 0 Å². The molecule has 0 saturated carbocycles. The van der Waals surface area contributed by atoms with Crippen LogP contribution < -0.4 is 10.5 Å². The molecule has 0 unspecified atom stereocenters. The lowest BCUT2D eigenvalue weighted by molar-refractivity contribution is 0.243. The maximum atomic E-state index is 5.86. The molecule has 0 radical (unpaired) electrons. The molecule has 0 bridgehead atoms. The third-order valence-corrected chi connectivity index (χ3v) is 3.27. The smallest absolute Gasteiger partial charge is 0.120 e. The van der Waals surface area contributed by atoms with E-state index < -0.39 is 0 Å². The Kier molecular flexibility index (Phi) is 3.79. The summed E-state index contributed by atoms with van der Waals surface area (Å²) in [6.45, 7) is 8.53. The van der Waals surface area contributed by atoms with Gasteiger partial charge >= 0.3 is 0 Å². The van der Waals surface area contributed by atoms with Gasteiger partial charge in [0.2, 0.25) is 0 Å². The zero-order valence-corrected chi connectivity index (χ0v) is 11.3. The van der Waals surface area contributed by atoms with Crippen LogP contribution in [0.1, 0.15) is 25.0 Å². The van der Waals surface area contributed by atoms with Gasteiger partial charge in [-0.3, -0.25) is 0 Å². The zero-order valence-electron chi connectivity index (χ0n) is 9.73. The summed E-state index contributed by atoms with van der Waals surface area (Å²) in [4.78, 5) is 0. The van der Waals surface area contributed by atoms with Gasteiger partial charge in [-0.2, -0.15) is 0 Å². The minimum absolute atomic E-state index is 0.297. The summed E-state index contributed by atoms with van der Waals surface area (Å²) >= 11 is 3.52. The Morgan fingerprint density at radius 3 is 2.13 bits per heavy atom. The molecule has 2 nitrogen and oxygen atoms in total. The van der Waals surface area contributed by atoms with Crippen LogP contribution in [-0.2, 0) is 0 Å². The van der Waals surface area contributed by atoms with Crippen LogP contribution in [0.15, 0.2) is 16.6 Å². The molecule has 1 aromatic carbocycles. The van der Waals surface area contributed by atoms with E-state index in [2.05, 4.69) is 29.8 Å². The van der Waals surface area contributed by atoms with Crippen LogP contribution in [-0.4, -0.2) is 12.1 Å². The molecule has 0 aliphatic heterocycles. The van der Waals surface area contributed by atoms with Gasteiger partial charge in [0.1, 0.15) is 12.4 Å². The number of rotatable bonds is 3. The first-order valence-corrected chi connectivity index (χ1v) is 5.77. The monoisotopic (exact) mass is 271 g/mol. The maximum absolute atomic E-state index is 5.86. The molecule has 0 aliphatic rings. The van der Waals surface area contributed by atoms with Crippen molar-refractivity contribution in [3.8, 4) is 5.75 Å². The number of ether oxygens (including phenoxy) is 1. The summed E-state index contributed by atoms with van der Waals surface area (Å²) in [5.41, 5.74) is 7.92. The summed E-state index contributed by atoms with van der Waals surface area (Å²) in [5, 5.41) is 0. The van der Waals surface area contributed by atoms with Gasteiger partial charge in [0.15, 0.2) is 0 Å². The van der Waals surface area contributed by atoms with Crippen molar-refractivity contribution in [3.05, 3.63) is 27.7 Å². The van der Waals surface area contributed by atoms with E-state index in [4.69, 9.17) is 10.5 Å². The van der Waals surface area contributed by atoms with Crippen LogP contribution >= 0.6 is 15.9 Å². The van der Waals surface area contributed by atoms with E-state index in [1.54, 1.807) is 0 Å². The lowest BCUT2D eigenvalue weighted by atomic mass is 10.1. The fraction of sp³-hybridized carbons (Fsp3) is 0.500. The third-order valence-electron chi connectivity index (χ3n) is 2.02. The standard InChI is InChI=1S/C12H18BrNO/c1-8-5-10(6-9(2)11(8)13)15-7-12(3,4)14/h5-6H,7,14H2,1-4H3. The molecule has 0 spiro atoms. The molecule has 0 aromatic heterocycles. The minimum Gasteiger partial charge on any atom is -0.492 e. The largest absolute Gasteiger partial charge is 0.492 e. The molecule has 84 valence electrons. The van der Waals surface area contributed by atoms with E-state index in [1.165, 1.54) is 11.1 Å². The van der Waals surface area contributed by atoms with Gasteiger partial charge in [-0.15, -0.1) is 0 Å². The van der Waals surface area contributed by atoms with Gasteiger partial charge in [-0.25, -0.2) is 0 Å². The van der Waals surface area contributed by atoms with E-state index >= 15 is 0 Å². The average molecular weight is 272 g/mol. The van der Waals surface area contributed by atoms with Crippen molar-refractivity contribution >= 4 is 15.9 Å². The quantitative estimate of drug-likeness (QED) is 0.917. The Bertz CT molecular complexity index is 332. The third kappa shape index (κ3) is 3.84. The number of benzene rings is 1. The Balaban J connectivity index is 2.80. The number of halogens is 1. The molecule has 0 saturated heterocycles. The van der Waals surface area contributed by atoms with Crippen LogP contribution in [0.5, 0.6) is 5.75 Å². The molecule has 1 rings (SSSR count). The Hall–Kier alpha value is -0.540. The lowest BCUT2D eigenvalue weighted by Gasteiger charge is -2.19. The van der Waals surface area contributed by atoms with Crippen LogP contribution in [0.25, 0.3) is 0 Å². The second-order valence-electron chi connectivity index (χ2n) is 4.65. The second kappa shape index (κ2) is 4.54. The van der Waals surface area contributed by atoms with Gasteiger partial charge < -0.3 is 10.5 Å². The van der Waals surface area contributed by atoms with E-state index in [0.717, 1.165) is 10.2 Å². The van der Waals surface area contributed by atoms with E-state index in [9.17, 15) is 0 Å². The first-order chi connectivity index (χ1) is 6.79. The number of nitrogens with two attached hydrogens (primary N) is 1. The van der Waals surface area contributed by atoms with Gasteiger partial charge in [-0.1, -0.05) is 15.9 Å². The summed E-state index contributed by atoms with van der Waals surface area (Å²) in [7, 11) is 0. The molecule has 0 fully saturated rings. The number of hydrogen-bond acceptors (Lipinski definition) is 2. The van der Waals surface area contributed by atoms with Crippen molar-refractivity contribution in [1.82, 2.24) is 0 Å². The number of aryl methyl sites for hydroxylation is 2. The molecule has 15 heavy (non-hydrogen) atoms. The maximum Gasteiger partial charge on any atom is 0.120 e. The van der Waals surface area contributed by atoms with Crippen molar-refractivity contribution < 1.29 is 4.74 Å². The van der Waals surface area contributed by atoms with Crippen LogP contribution in [0, 0.1) is 13.8 Å². The van der Waals surface area contributed by atoms with Crippen molar-refractivity contribution in [2.24, 2.45) is 5.73 Å². The van der Waals surface area contributed by atoms with Gasteiger partial charge in [0.05, 0.1) is 0 Å². The highest BCUT2D eigenvalue weighted by Gasteiger charge is 2.12. The van der Waals surface area contributed by atoms with E-state index in [1.807, 2.05) is 26.0 Å². The van der Waals surface area contributed by atoms with Gasteiger partial charge in [0, 0.05) is 10.0 Å². The topological polar surface area (TPSA) is 35.2 Å². The summed E-state index contributed by atoms with van der Waals surface area (Å²) < 4.78 is 6.78. The molecular formula is C12H18BrNO. The van der Waals surface area contributed by atoms with Crippen molar-refractivity contribution in [2.45, 2.75) is 33.2 Å². The predicted molar refractivity (Wildman–Crippen MR) is 67.4 cm³/mol. The summed E-state index contributed by atoms with van der Waals surface area (Å²) in [6, 6.07) is 4.03. The fourth-order valence-electron chi connectivity index (χ4n) is 1.26. The fourth-order valence-corrected chi connectivity index (χ4v) is 1.49. The highest BCUT2D eigenvalue weighted by molar-refractivity contribution is 9.10. The average Bonchev–Trinajstić information content (AvgIpc) is 2.09. The normalized spacial score (nSPS) is 11.6. The van der Waals surface area contributed by atoms with Crippen molar-refractivity contribution in [2.75, 3.05) is 6.61 Å². The summed E-state index contributed by atoms with van der Waals surface area (Å²) in [5.74, 6) is 0.881. The van der Waals surface area contributed by atoms with Crippen LogP contribution in [0.2, 0.25) is 0 Å². The lowest BCUT2D eigenvalue weighted by Crippen LogP contribution is -2.38. The number of hydrogen-bond donors (Lipinski definition) is 1. The van der Waals surface area contributed by atoms with Crippen LogP contribution in [0.3, 0.4) is 0 Å². The molecule has 0 atom stereocenters. The Labute approximate surface area is 99.9 Å². The molecule has 1 aromatic rings. The minimum atomic E-state index is -0.297. The van der Waals surface area contributed by atoms with Gasteiger partial charge in [0.25, 0.3) is 0 Å². The highest BCUT2D eigenvalue weighted by atomic mass is 79.9. The van der Waals surface area contributed by atoms with Crippen LogP contribution in [0.4, 0.5) is 0 Å². The molecule has 3 heteroatoms. The van der Waals surface area contributed by atoms with E-state index in [0.29, 0.717) is 6.61 Å².